The lowest BCUT2D eigenvalue weighted by atomic mass is 10.0. The first-order valence-corrected chi connectivity index (χ1v) is 18.7. The molecule has 258 valence electrons. The smallest absolute Gasteiger partial charge is 0.381 e. The number of ether oxygens (including phenoxy) is 1. The zero-order chi connectivity index (χ0) is 29.8. The van der Waals surface area contributed by atoms with Crippen LogP contribution in [0.4, 0.5) is 0 Å². The quantitative estimate of drug-likeness (QED) is 0.0339. The van der Waals surface area contributed by atoms with Crippen molar-refractivity contribution in [3.05, 3.63) is 12.2 Å². The number of hydrogen-bond acceptors (Lipinski definition) is 5. The van der Waals surface area contributed by atoms with Gasteiger partial charge in [-0.3, -0.25) is 9.11 Å². The second kappa shape index (κ2) is 42.6. The average molecular weight is 625 g/mol. The number of hydrogen-bond donors (Lipinski definition) is 4. The fraction of sp³-hybridized carbons (Fsp3) is 0.941. The van der Waals surface area contributed by atoms with Gasteiger partial charge in [0.15, 0.2) is 0 Å². The Morgan fingerprint density at radius 3 is 0.905 bits per heavy atom. The molecular formula is C34H76N2O5S. The molecule has 0 aliphatic rings. The third-order valence-electron chi connectivity index (χ3n) is 7.44. The van der Waals surface area contributed by atoms with Gasteiger partial charge in [-0.2, -0.15) is 8.42 Å². The highest BCUT2D eigenvalue weighted by atomic mass is 32.3. The summed E-state index contributed by atoms with van der Waals surface area (Å²) in [6.07, 6.45) is 44.1. The largest absolute Gasteiger partial charge is 0.394 e. The Bertz CT molecular complexity index is 580. The van der Waals surface area contributed by atoms with Crippen LogP contribution in [-0.4, -0.2) is 30.7 Å². The maximum atomic E-state index is 8.74. The lowest BCUT2D eigenvalue weighted by Crippen LogP contribution is -1.97. The summed E-state index contributed by atoms with van der Waals surface area (Å²) in [4.78, 5) is 0. The molecule has 0 bridgehead atoms. The minimum absolute atomic E-state index is 0. The van der Waals surface area contributed by atoms with E-state index in [1.165, 1.54) is 180 Å². The van der Waals surface area contributed by atoms with E-state index >= 15 is 0 Å². The van der Waals surface area contributed by atoms with Crippen LogP contribution >= 0.6 is 0 Å². The molecule has 0 rings (SSSR count). The van der Waals surface area contributed by atoms with Gasteiger partial charge in [0, 0.05) is 13.2 Å². The Kier molecular flexibility index (Phi) is 49.1. The second-order valence-corrected chi connectivity index (χ2v) is 12.5. The normalized spacial score (nSPS) is 11.1. The minimum Gasteiger partial charge on any atom is -0.381 e. The maximum absolute atomic E-state index is 8.74. The molecule has 0 amide bonds. The molecule has 0 unspecified atom stereocenters. The third-order valence-corrected chi connectivity index (χ3v) is 7.44. The van der Waals surface area contributed by atoms with Crippen molar-refractivity contribution in [3.8, 4) is 0 Å². The highest BCUT2D eigenvalue weighted by molar-refractivity contribution is 7.79. The van der Waals surface area contributed by atoms with E-state index in [2.05, 4.69) is 26.0 Å². The van der Waals surface area contributed by atoms with Crippen molar-refractivity contribution < 1.29 is 22.3 Å². The molecule has 0 aromatic carbocycles. The molecule has 0 heterocycles. The Labute approximate surface area is 263 Å². The molecule has 0 aromatic rings. The number of rotatable bonds is 31. The van der Waals surface area contributed by atoms with Gasteiger partial charge in [-0.15, -0.1) is 0 Å². The Morgan fingerprint density at radius 2 is 0.643 bits per heavy atom. The van der Waals surface area contributed by atoms with Gasteiger partial charge < -0.3 is 17.0 Å². The van der Waals surface area contributed by atoms with Crippen molar-refractivity contribution in [2.75, 3.05) is 13.2 Å². The lowest BCUT2D eigenvalue weighted by Gasteiger charge is -2.05. The Morgan fingerprint density at radius 1 is 0.429 bits per heavy atom. The summed E-state index contributed by atoms with van der Waals surface area (Å²) in [5.41, 5.74) is 0. The van der Waals surface area contributed by atoms with Crippen molar-refractivity contribution >= 4 is 10.4 Å². The molecular weight excluding hydrogens is 548 g/mol. The van der Waals surface area contributed by atoms with E-state index < -0.39 is 10.4 Å². The Hall–Kier alpha value is -0.510. The predicted molar refractivity (Wildman–Crippen MR) is 185 cm³/mol. The monoisotopic (exact) mass is 625 g/mol. The van der Waals surface area contributed by atoms with E-state index in [0.29, 0.717) is 0 Å². The van der Waals surface area contributed by atoms with Gasteiger partial charge in [0.25, 0.3) is 0 Å². The number of unbranched alkanes of at least 4 members (excludes halogenated alkanes) is 25. The molecule has 8 N–H and O–H groups in total. The van der Waals surface area contributed by atoms with Crippen LogP contribution < -0.4 is 12.3 Å². The fourth-order valence-corrected chi connectivity index (χ4v) is 4.95. The van der Waals surface area contributed by atoms with Crippen molar-refractivity contribution in [2.45, 2.75) is 194 Å². The highest BCUT2D eigenvalue weighted by Crippen LogP contribution is 2.13. The van der Waals surface area contributed by atoms with Crippen LogP contribution in [0.2, 0.25) is 0 Å². The summed E-state index contributed by atoms with van der Waals surface area (Å²) < 4.78 is 37.4. The first kappa shape index (κ1) is 48.4. The molecule has 0 aliphatic heterocycles. The molecule has 0 aromatic heterocycles. The molecule has 0 atom stereocenters. The van der Waals surface area contributed by atoms with Gasteiger partial charge in [0.1, 0.15) is 0 Å². The van der Waals surface area contributed by atoms with Crippen LogP contribution in [0, 0.1) is 0 Å². The van der Waals surface area contributed by atoms with Crippen molar-refractivity contribution in [1.29, 1.82) is 0 Å². The zero-order valence-corrected chi connectivity index (χ0v) is 29.1. The summed E-state index contributed by atoms with van der Waals surface area (Å²) in [6.45, 7) is 6.57. The van der Waals surface area contributed by atoms with E-state index in [4.69, 9.17) is 22.3 Å². The number of allylic oxidation sites excluding steroid dienone is 2. The molecule has 0 fully saturated rings. The van der Waals surface area contributed by atoms with E-state index in [0.717, 1.165) is 13.2 Å². The Balaban J connectivity index is -0.000000943. The first-order chi connectivity index (χ1) is 19.4. The molecule has 0 spiro atoms. The predicted octanol–water partition coefficient (Wildman–Crippen LogP) is 12.2. The van der Waals surface area contributed by atoms with Crippen molar-refractivity contribution in [1.82, 2.24) is 12.3 Å². The van der Waals surface area contributed by atoms with Gasteiger partial charge in [0.2, 0.25) is 0 Å². The van der Waals surface area contributed by atoms with Crippen molar-refractivity contribution in [3.63, 3.8) is 0 Å². The van der Waals surface area contributed by atoms with Crippen LogP contribution in [0.3, 0.4) is 0 Å². The van der Waals surface area contributed by atoms with Gasteiger partial charge in [-0.25, -0.2) is 0 Å². The molecule has 0 aliphatic carbocycles. The van der Waals surface area contributed by atoms with E-state index in [9.17, 15) is 0 Å². The fourth-order valence-electron chi connectivity index (χ4n) is 4.95. The SMILES string of the molecule is CCCCCCCC/C=C\CCCCCCCCOCCCCCCCCCCCCCCCC.N.N.O=S(=O)(O)O. The van der Waals surface area contributed by atoms with E-state index in [1.54, 1.807) is 0 Å². The molecule has 0 saturated heterocycles. The van der Waals surface area contributed by atoms with Gasteiger partial charge in [-0.05, 0) is 38.5 Å². The summed E-state index contributed by atoms with van der Waals surface area (Å²) in [7, 11) is -4.67. The topological polar surface area (TPSA) is 154 Å². The lowest BCUT2D eigenvalue weighted by molar-refractivity contribution is 0.125. The minimum atomic E-state index is -4.67. The maximum Gasteiger partial charge on any atom is 0.394 e. The standard InChI is InChI=1S/C34H68O.2H3N.H2O4S/c1-3-5-7-9-11-13-15-17-19-20-22-24-26-28-30-32-34-35-33-31-29-27-25-23-21-18-16-14-12-10-8-6-4-2;;;1-5(2,3)4/h17,19H,3-16,18,20-34H2,1-2H3;2*1H3;(H2,1,2,3,4)/b19-17-;;;. The van der Waals surface area contributed by atoms with Gasteiger partial charge in [0.05, 0.1) is 0 Å². The molecule has 7 nitrogen and oxygen atoms in total. The van der Waals surface area contributed by atoms with Crippen LogP contribution in [-0.2, 0) is 15.1 Å². The molecule has 0 saturated carbocycles. The third kappa shape index (κ3) is 59.0. The first-order valence-electron chi connectivity index (χ1n) is 17.3. The summed E-state index contributed by atoms with van der Waals surface area (Å²) in [5, 5.41) is 0. The van der Waals surface area contributed by atoms with E-state index in [-0.39, 0.29) is 12.3 Å². The van der Waals surface area contributed by atoms with Gasteiger partial charge >= 0.3 is 10.4 Å². The van der Waals surface area contributed by atoms with Crippen LogP contribution in [0.25, 0.3) is 0 Å². The summed E-state index contributed by atoms with van der Waals surface area (Å²) >= 11 is 0. The summed E-state index contributed by atoms with van der Waals surface area (Å²) in [5.74, 6) is 0. The van der Waals surface area contributed by atoms with Crippen LogP contribution in [0.1, 0.15) is 194 Å². The van der Waals surface area contributed by atoms with Crippen LogP contribution in [0.5, 0.6) is 0 Å². The zero-order valence-electron chi connectivity index (χ0n) is 28.3. The molecule has 8 heteroatoms. The van der Waals surface area contributed by atoms with E-state index in [1.807, 2.05) is 0 Å². The molecule has 42 heavy (non-hydrogen) atoms. The summed E-state index contributed by atoms with van der Waals surface area (Å²) in [6, 6.07) is 0. The highest BCUT2D eigenvalue weighted by Gasteiger charge is 1.96. The van der Waals surface area contributed by atoms with Crippen molar-refractivity contribution in [2.24, 2.45) is 0 Å². The van der Waals surface area contributed by atoms with Crippen LogP contribution in [0.15, 0.2) is 12.2 Å². The second-order valence-electron chi connectivity index (χ2n) is 11.6. The molecule has 0 radical (unpaired) electrons. The van der Waals surface area contributed by atoms with Gasteiger partial charge in [-0.1, -0.05) is 167 Å². The average Bonchev–Trinajstić information content (AvgIpc) is 2.91.